The fraction of sp³-hybridized carbons (Fsp3) is 0.917. The van der Waals surface area contributed by atoms with Crippen molar-refractivity contribution in [2.75, 3.05) is 25.6 Å². The van der Waals surface area contributed by atoms with Crippen molar-refractivity contribution in [3.8, 4) is 0 Å². The predicted octanol–water partition coefficient (Wildman–Crippen LogP) is 2.43. The molecule has 0 bridgehead atoms. The second kappa shape index (κ2) is 6.54. The molecule has 3 heteroatoms. The second-order valence-electron chi connectivity index (χ2n) is 4.65. The Balaban J connectivity index is 2.35. The molecular weight excluding hydrogens is 206 g/mol. The van der Waals surface area contributed by atoms with Crippen molar-refractivity contribution in [3.05, 3.63) is 0 Å². The summed E-state index contributed by atoms with van der Waals surface area (Å²) in [6.07, 6.45) is 6.40. The lowest BCUT2D eigenvalue weighted by molar-refractivity contribution is -0.125. The molecule has 0 aromatic heterocycles. The first-order valence-corrected chi connectivity index (χ1v) is 7.26. The van der Waals surface area contributed by atoms with Crippen molar-refractivity contribution < 1.29 is 4.79 Å². The van der Waals surface area contributed by atoms with E-state index in [1.54, 1.807) is 0 Å². The summed E-state index contributed by atoms with van der Waals surface area (Å²) < 4.78 is 0. The van der Waals surface area contributed by atoms with Crippen molar-refractivity contribution in [1.29, 1.82) is 0 Å². The number of rotatable bonds is 5. The fourth-order valence-corrected chi connectivity index (χ4v) is 2.88. The Morgan fingerprint density at radius 1 is 1.53 bits per heavy atom. The van der Waals surface area contributed by atoms with Gasteiger partial charge in [-0.1, -0.05) is 6.42 Å². The molecule has 0 heterocycles. The molecule has 15 heavy (non-hydrogen) atoms. The summed E-state index contributed by atoms with van der Waals surface area (Å²) in [5.41, 5.74) is 0. The highest BCUT2D eigenvalue weighted by atomic mass is 32.2. The largest absolute Gasteiger partial charge is 0.302 e. The average Bonchev–Trinajstić information content (AvgIpc) is 2.21. The van der Waals surface area contributed by atoms with Crippen LogP contribution in [0.15, 0.2) is 0 Å². The molecule has 1 saturated carbocycles. The third kappa shape index (κ3) is 4.15. The van der Waals surface area contributed by atoms with Crippen LogP contribution in [0.5, 0.6) is 0 Å². The number of nitrogens with zero attached hydrogens (tertiary/aromatic N) is 1. The molecule has 2 unspecified atom stereocenters. The quantitative estimate of drug-likeness (QED) is 0.722. The SMILES string of the molecule is CSCC(C)N(C)CC1CCCCC1=O. The van der Waals surface area contributed by atoms with Gasteiger partial charge in [0.1, 0.15) is 5.78 Å². The molecule has 0 amide bonds. The third-order valence-corrected chi connectivity index (χ3v) is 4.17. The fourth-order valence-electron chi connectivity index (χ4n) is 2.14. The number of hydrogen-bond acceptors (Lipinski definition) is 3. The highest BCUT2D eigenvalue weighted by Gasteiger charge is 2.24. The molecule has 0 aromatic rings. The first-order valence-electron chi connectivity index (χ1n) is 5.87. The van der Waals surface area contributed by atoms with Crippen molar-refractivity contribution in [1.82, 2.24) is 4.90 Å². The van der Waals surface area contributed by atoms with E-state index < -0.39 is 0 Å². The average molecular weight is 229 g/mol. The Bertz CT molecular complexity index is 208. The van der Waals surface area contributed by atoms with Gasteiger partial charge >= 0.3 is 0 Å². The maximum Gasteiger partial charge on any atom is 0.137 e. The van der Waals surface area contributed by atoms with Gasteiger partial charge in [-0.3, -0.25) is 4.79 Å². The van der Waals surface area contributed by atoms with Gasteiger partial charge in [0.2, 0.25) is 0 Å². The van der Waals surface area contributed by atoms with Gasteiger partial charge in [-0.15, -0.1) is 0 Å². The Morgan fingerprint density at radius 2 is 2.27 bits per heavy atom. The molecule has 0 spiro atoms. The van der Waals surface area contributed by atoms with Crippen LogP contribution in [0, 0.1) is 5.92 Å². The van der Waals surface area contributed by atoms with E-state index >= 15 is 0 Å². The molecule has 0 saturated heterocycles. The minimum Gasteiger partial charge on any atom is -0.302 e. The first-order chi connectivity index (χ1) is 7.15. The van der Waals surface area contributed by atoms with Crippen LogP contribution in [-0.4, -0.2) is 42.3 Å². The van der Waals surface area contributed by atoms with Crippen LogP contribution in [-0.2, 0) is 4.79 Å². The van der Waals surface area contributed by atoms with Gasteiger partial charge in [-0.05, 0) is 33.1 Å². The van der Waals surface area contributed by atoms with E-state index in [1.807, 2.05) is 11.8 Å². The van der Waals surface area contributed by atoms with Gasteiger partial charge in [-0.25, -0.2) is 0 Å². The molecule has 1 rings (SSSR count). The maximum absolute atomic E-state index is 11.7. The van der Waals surface area contributed by atoms with E-state index in [9.17, 15) is 4.79 Å². The molecule has 1 fully saturated rings. The first kappa shape index (κ1) is 13.0. The van der Waals surface area contributed by atoms with E-state index in [-0.39, 0.29) is 0 Å². The number of hydrogen-bond donors (Lipinski definition) is 0. The van der Waals surface area contributed by atoms with Crippen LogP contribution < -0.4 is 0 Å². The molecule has 0 aromatic carbocycles. The van der Waals surface area contributed by atoms with Crippen molar-refractivity contribution >= 4 is 17.5 Å². The monoisotopic (exact) mass is 229 g/mol. The number of carbonyl (C=O) groups is 1. The number of ketones is 1. The molecule has 0 radical (unpaired) electrons. The lowest BCUT2D eigenvalue weighted by atomic mass is 9.87. The Labute approximate surface area is 97.8 Å². The van der Waals surface area contributed by atoms with Crippen LogP contribution in [0.1, 0.15) is 32.6 Å². The Morgan fingerprint density at radius 3 is 2.87 bits per heavy atom. The smallest absolute Gasteiger partial charge is 0.137 e. The summed E-state index contributed by atoms with van der Waals surface area (Å²) in [5.74, 6) is 1.95. The minimum atomic E-state index is 0.313. The lowest BCUT2D eigenvalue weighted by Crippen LogP contribution is -2.38. The summed E-state index contributed by atoms with van der Waals surface area (Å²) in [7, 11) is 2.14. The van der Waals surface area contributed by atoms with Gasteiger partial charge in [0, 0.05) is 30.7 Å². The van der Waals surface area contributed by atoms with Crippen LogP contribution >= 0.6 is 11.8 Å². The van der Waals surface area contributed by atoms with Gasteiger partial charge in [0.15, 0.2) is 0 Å². The summed E-state index contributed by atoms with van der Waals surface area (Å²) in [5, 5.41) is 0. The van der Waals surface area contributed by atoms with Crippen molar-refractivity contribution in [2.45, 2.75) is 38.6 Å². The van der Waals surface area contributed by atoms with Crippen LogP contribution in [0.4, 0.5) is 0 Å². The molecule has 2 atom stereocenters. The van der Waals surface area contributed by atoms with Crippen LogP contribution in [0.3, 0.4) is 0 Å². The zero-order valence-electron chi connectivity index (χ0n) is 10.2. The van der Waals surface area contributed by atoms with Crippen molar-refractivity contribution in [3.63, 3.8) is 0 Å². The second-order valence-corrected chi connectivity index (χ2v) is 5.56. The van der Waals surface area contributed by atoms with E-state index in [2.05, 4.69) is 25.1 Å². The Kier molecular flexibility index (Phi) is 5.69. The summed E-state index contributed by atoms with van der Waals surface area (Å²) in [6, 6.07) is 0.578. The summed E-state index contributed by atoms with van der Waals surface area (Å²) in [6.45, 7) is 3.20. The molecular formula is C12H23NOS. The topological polar surface area (TPSA) is 20.3 Å². The van der Waals surface area contributed by atoms with Crippen molar-refractivity contribution in [2.24, 2.45) is 5.92 Å². The number of Topliss-reactive ketones (excluding diaryl/α,β-unsaturated/α-hetero) is 1. The molecule has 1 aliphatic carbocycles. The minimum absolute atomic E-state index is 0.313. The van der Waals surface area contributed by atoms with Gasteiger partial charge < -0.3 is 4.90 Å². The normalized spacial score (nSPS) is 24.5. The standard InChI is InChI=1S/C12H23NOS/c1-10(9-15-3)13(2)8-11-6-4-5-7-12(11)14/h10-11H,4-9H2,1-3H3. The van der Waals surface area contributed by atoms with Gasteiger partial charge in [0.25, 0.3) is 0 Å². The van der Waals surface area contributed by atoms with Gasteiger partial charge in [-0.2, -0.15) is 11.8 Å². The molecule has 1 aliphatic rings. The predicted molar refractivity (Wildman–Crippen MR) is 67.4 cm³/mol. The summed E-state index contributed by atoms with van der Waals surface area (Å²) >= 11 is 1.87. The lowest BCUT2D eigenvalue weighted by Gasteiger charge is -2.29. The highest BCUT2D eigenvalue weighted by Crippen LogP contribution is 2.22. The van der Waals surface area contributed by atoms with E-state index in [1.165, 1.54) is 6.42 Å². The van der Waals surface area contributed by atoms with Crippen LogP contribution in [0.25, 0.3) is 0 Å². The Hall–Kier alpha value is -0.0200. The van der Waals surface area contributed by atoms with E-state index in [0.717, 1.165) is 31.6 Å². The summed E-state index contributed by atoms with van der Waals surface area (Å²) in [4.78, 5) is 14.0. The molecule has 0 N–H and O–H groups in total. The number of thioether (sulfide) groups is 1. The molecule has 0 aliphatic heterocycles. The van der Waals surface area contributed by atoms with E-state index in [0.29, 0.717) is 17.7 Å². The zero-order chi connectivity index (χ0) is 11.3. The molecule has 2 nitrogen and oxygen atoms in total. The maximum atomic E-state index is 11.7. The third-order valence-electron chi connectivity index (χ3n) is 3.35. The molecule has 88 valence electrons. The van der Waals surface area contributed by atoms with Crippen LogP contribution in [0.2, 0.25) is 0 Å². The van der Waals surface area contributed by atoms with E-state index in [4.69, 9.17) is 0 Å². The zero-order valence-corrected chi connectivity index (χ0v) is 11.0. The highest BCUT2D eigenvalue weighted by molar-refractivity contribution is 7.98. The van der Waals surface area contributed by atoms with Gasteiger partial charge in [0.05, 0.1) is 0 Å². The number of carbonyl (C=O) groups excluding carboxylic acids is 1.